The van der Waals surface area contributed by atoms with Gasteiger partial charge in [-0.15, -0.1) is 0 Å². The van der Waals surface area contributed by atoms with Crippen molar-refractivity contribution in [1.82, 2.24) is 5.32 Å². The average Bonchev–Trinajstić information content (AvgIpc) is 2.48. The van der Waals surface area contributed by atoms with Crippen LogP contribution >= 0.6 is 0 Å². The van der Waals surface area contributed by atoms with Crippen molar-refractivity contribution in [3.05, 3.63) is 65.2 Å². The average molecular weight is 284 g/mol. The Morgan fingerprint density at radius 3 is 2.24 bits per heavy atom. The molecule has 0 atom stereocenters. The molecular weight excluding hydrogens is 260 g/mol. The highest BCUT2D eigenvalue weighted by Gasteiger charge is 1.98. The van der Waals surface area contributed by atoms with Gasteiger partial charge in [0.15, 0.2) is 0 Å². The van der Waals surface area contributed by atoms with Gasteiger partial charge >= 0.3 is 0 Å². The summed E-state index contributed by atoms with van der Waals surface area (Å²) in [6, 6.07) is 17.1. The summed E-state index contributed by atoms with van der Waals surface area (Å²) in [5, 5.41) is 3.48. The van der Waals surface area contributed by atoms with Crippen LogP contribution in [0.25, 0.3) is 0 Å². The Morgan fingerprint density at radius 2 is 1.57 bits per heavy atom. The van der Waals surface area contributed by atoms with Crippen LogP contribution in [0.4, 0.5) is 5.69 Å². The van der Waals surface area contributed by atoms with Gasteiger partial charge in [-0.05, 0) is 28.8 Å². The lowest BCUT2D eigenvalue weighted by atomic mass is 10.1. The third-order valence-corrected chi connectivity index (χ3v) is 3.41. The van der Waals surface area contributed by atoms with E-state index in [0.717, 1.165) is 13.1 Å². The minimum absolute atomic E-state index is 0.667. The smallest absolute Gasteiger partial charge is 0.0713 e. The molecule has 0 aliphatic carbocycles. The molecule has 0 aliphatic rings. The van der Waals surface area contributed by atoms with Crippen LogP contribution < -0.4 is 10.2 Å². The molecule has 2 aromatic rings. The second-order valence-corrected chi connectivity index (χ2v) is 5.42. The standard InChI is InChI=1S/C18H24N2O/c1-20(2)18-9-7-15(8-10-18)12-19-13-16-5-4-6-17(11-16)14-21-3/h4-11,19H,12-14H2,1-3H3. The molecule has 2 aromatic carbocycles. The topological polar surface area (TPSA) is 24.5 Å². The lowest BCUT2D eigenvalue weighted by Crippen LogP contribution is -2.13. The van der Waals surface area contributed by atoms with E-state index in [0.29, 0.717) is 6.61 Å². The zero-order valence-electron chi connectivity index (χ0n) is 13.1. The van der Waals surface area contributed by atoms with Gasteiger partial charge < -0.3 is 15.0 Å². The number of anilines is 1. The van der Waals surface area contributed by atoms with E-state index in [2.05, 4.69) is 72.8 Å². The molecule has 0 aliphatic heterocycles. The minimum Gasteiger partial charge on any atom is -0.380 e. The zero-order valence-corrected chi connectivity index (χ0v) is 13.1. The highest BCUT2D eigenvalue weighted by molar-refractivity contribution is 5.45. The van der Waals surface area contributed by atoms with E-state index in [9.17, 15) is 0 Å². The molecular formula is C18H24N2O. The fourth-order valence-electron chi connectivity index (χ4n) is 2.26. The predicted molar refractivity (Wildman–Crippen MR) is 88.5 cm³/mol. The van der Waals surface area contributed by atoms with Crippen LogP contribution in [-0.2, 0) is 24.4 Å². The number of benzene rings is 2. The van der Waals surface area contributed by atoms with Crippen LogP contribution in [0.5, 0.6) is 0 Å². The maximum absolute atomic E-state index is 5.16. The molecule has 0 spiro atoms. The number of nitrogens with one attached hydrogen (secondary N) is 1. The van der Waals surface area contributed by atoms with E-state index in [-0.39, 0.29) is 0 Å². The normalized spacial score (nSPS) is 10.6. The minimum atomic E-state index is 0.667. The molecule has 0 bridgehead atoms. The first-order valence-electron chi connectivity index (χ1n) is 7.23. The monoisotopic (exact) mass is 284 g/mol. The maximum atomic E-state index is 5.16. The summed E-state index contributed by atoms with van der Waals surface area (Å²) in [6.45, 7) is 2.41. The third kappa shape index (κ3) is 4.88. The molecule has 0 aromatic heterocycles. The van der Waals surface area contributed by atoms with E-state index in [1.54, 1.807) is 7.11 Å². The molecule has 2 rings (SSSR count). The summed E-state index contributed by atoms with van der Waals surface area (Å²) in [5.74, 6) is 0. The Labute approximate surface area is 127 Å². The van der Waals surface area contributed by atoms with Gasteiger partial charge in [-0.2, -0.15) is 0 Å². The van der Waals surface area contributed by atoms with Crippen molar-refractivity contribution in [1.29, 1.82) is 0 Å². The fourth-order valence-corrected chi connectivity index (χ4v) is 2.26. The first-order chi connectivity index (χ1) is 10.2. The SMILES string of the molecule is COCc1cccc(CNCc2ccc(N(C)C)cc2)c1. The first-order valence-corrected chi connectivity index (χ1v) is 7.23. The van der Waals surface area contributed by atoms with Crippen LogP contribution in [-0.4, -0.2) is 21.2 Å². The summed E-state index contributed by atoms with van der Waals surface area (Å²) < 4.78 is 5.16. The Balaban J connectivity index is 1.85. The van der Waals surface area contributed by atoms with Crippen LogP contribution in [0.15, 0.2) is 48.5 Å². The Hall–Kier alpha value is -1.84. The van der Waals surface area contributed by atoms with Crippen LogP contribution in [0.1, 0.15) is 16.7 Å². The quantitative estimate of drug-likeness (QED) is 0.845. The van der Waals surface area contributed by atoms with Crippen molar-refractivity contribution in [2.75, 3.05) is 26.1 Å². The van der Waals surface area contributed by atoms with E-state index < -0.39 is 0 Å². The highest BCUT2D eigenvalue weighted by Crippen LogP contribution is 2.12. The summed E-state index contributed by atoms with van der Waals surface area (Å²) in [6.07, 6.45) is 0. The van der Waals surface area contributed by atoms with Crippen molar-refractivity contribution in [3.63, 3.8) is 0 Å². The molecule has 0 fully saturated rings. The van der Waals surface area contributed by atoms with Crippen LogP contribution in [0, 0.1) is 0 Å². The second-order valence-electron chi connectivity index (χ2n) is 5.42. The van der Waals surface area contributed by atoms with E-state index in [1.807, 2.05) is 0 Å². The Bertz CT molecular complexity index is 549. The van der Waals surface area contributed by atoms with Crippen molar-refractivity contribution in [3.8, 4) is 0 Å². The molecule has 1 N–H and O–H groups in total. The number of hydrogen-bond acceptors (Lipinski definition) is 3. The summed E-state index contributed by atoms with van der Waals surface area (Å²) in [4.78, 5) is 2.11. The first kappa shape index (κ1) is 15.5. The van der Waals surface area contributed by atoms with Gasteiger partial charge in [0.1, 0.15) is 0 Å². The van der Waals surface area contributed by atoms with Crippen molar-refractivity contribution >= 4 is 5.69 Å². The third-order valence-electron chi connectivity index (χ3n) is 3.41. The number of methoxy groups -OCH3 is 1. The molecule has 112 valence electrons. The zero-order chi connectivity index (χ0) is 15.1. The van der Waals surface area contributed by atoms with Crippen molar-refractivity contribution in [2.45, 2.75) is 19.7 Å². The largest absolute Gasteiger partial charge is 0.380 e. The molecule has 3 heteroatoms. The molecule has 0 radical (unpaired) electrons. The van der Waals surface area contributed by atoms with Gasteiger partial charge in [0.2, 0.25) is 0 Å². The van der Waals surface area contributed by atoms with Gasteiger partial charge in [-0.1, -0.05) is 36.4 Å². The maximum Gasteiger partial charge on any atom is 0.0713 e. The van der Waals surface area contributed by atoms with Gasteiger partial charge in [0.05, 0.1) is 6.61 Å². The fraction of sp³-hybridized carbons (Fsp3) is 0.333. The predicted octanol–water partition coefficient (Wildman–Crippen LogP) is 3.19. The Kier molecular flexibility index (Phi) is 5.78. The number of rotatable bonds is 7. The summed E-state index contributed by atoms with van der Waals surface area (Å²) in [7, 11) is 5.84. The number of nitrogens with zero attached hydrogens (tertiary/aromatic N) is 1. The van der Waals surface area contributed by atoms with E-state index in [4.69, 9.17) is 4.74 Å². The van der Waals surface area contributed by atoms with Crippen molar-refractivity contribution in [2.24, 2.45) is 0 Å². The molecule has 0 saturated carbocycles. The van der Waals surface area contributed by atoms with E-state index in [1.165, 1.54) is 22.4 Å². The number of hydrogen-bond donors (Lipinski definition) is 1. The van der Waals surface area contributed by atoms with Crippen LogP contribution in [0.2, 0.25) is 0 Å². The molecule has 0 unspecified atom stereocenters. The molecule has 3 nitrogen and oxygen atoms in total. The van der Waals surface area contributed by atoms with Gasteiger partial charge in [0.25, 0.3) is 0 Å². The second kappa shape index (κ2) is 7.81. The lowest BCUT2D eigenvalue weighted by Gasteiger charge is -2.13. The van der Waals surface area contributed by atoms with Crippen LogP contribution in [0.3, 0.4) is 0 Å². The summed E-state index contributed by atoms with van der Waals surface area (Å²) in [5.41, 5.74) is 5.03. The van der Waals surface area contributed by atoms with Gasteiger partial charge in [-0.25, -0.2) is 0 Å². The summed E-state index contributed by atoms with van der Waals surface area (Å²) >= 11 is 0. The molecule has 0 saturated heterocycles. The van der Waals surface area contributed by atoms with E-state index >= 15 is 0 Å². The lowest BCUT2D eigenvalue weighted by molar-refractivity contribution is 0.185. The highest BCUT2D eigenvalue weighted by atomic mass is 16.5. The van der Waals surface area contributed by atoms with Gasteiger partial charge in [-0.3, -0.25) is 0 Å². The Morgan fingerprint density at radius 1 is 0.905 bits per heavy atom. The molecule has 0 heterocycles. The molecule has 21 heavy (non-hydrogen) atoms. The molecule has 0 amide bonds. The van der Waals surface area contributed by atoms with Gasteiger partial charge in [0, 0.05) is 40.0 Å². The number of ether oxygens (including phenoxy) is 1. The van der Waals surface area contributed by atoms with Crippen molar-refractivity contribution < 1.29 is 4.74 Å².